The summed E-state index contributed by atoms with van der Waals surface area (Å²) in [5, 5.41) is 12.2. The number of ketones is 1. The molecule has 0 bridgehead atoms. The van der Waals surface area contributed by atoms with Crippen molar-refractivity contribution in [2.75, 3.05) is 0 Å². The summed E-state index contributed by atoms with van der Waals surface area (Å²) < 4.78 is 42.4. The fourth-order valence-corrected chi connectivity index (χ4v) is 2.27. The molecule has 0 aliphatic heterocycles. The van der Waals surface area contributed by atoms with Crippen molar-refractivity contribution < 1.29 is 27.5 Å². The van der Waals surface area contributed by atoms with Crippen LogP contribution >= 0.6 is 11.6 Å². The summed E-state index contributed by atoms with van der Waals surface area (Å²) in [4.78, 5) is 23.6. The first kappa shape index (κ1) is 17.8. The van der Waals surface area contributed by atoms with E-state index in [2.05, 4.69) is 5.10 Å². The first-order valence-electron chi connectivity index (χ1n) is 6.40. The molecule has 0 saturated heterocycles. The number of halogens is 4. The molecule has 24 heavy (non-hydrogen) atoms. The number of carbonyl (C=O) groups is 1. The molecule has 0 unspecified atom stereocenters. The number of aryl methyl sites for hydroxylation is 2. The van der Waals surface area contributed by atoms with Crippen molar-refractivity contribution in [1.29, 1.82) is 0 Å². The Hall–Kier alpha value is -2.55. The lowest BCUT2D eigenvalue weighted by Crippen LogP contribution is -2.18. The molecule has 2 rings (SSSR count). The number of hydrogen-bond donors (Lipinski definition) is 1. The third-order valence-corrected chi connectivity index (χ3v) is 3.35. The highest BCUT2D eigenvalue weighted by Crippen LogP contribution is 2.30. The third kappa shape index (κ3) is 3.35. The lowest BCUT2D eigenvalue weighted by atomic mass is 10.1. The van der Waals surface area contributed by atoms with Gasteiger partial charge in [0, 0.05) is 11.6 Å². The summed E-state index contributed by atoms with van der Waals surface area (Å²) in [6.07, 6.45) is -3.03. The molecule has 0 aliphatic carbocycles. The number of rotatable bonds is 3. The van der Waals surface area contributed by atoms with E-state index in [9.17, 15) is 27.9 Å². The largest absolute Gasteiger partial charge is 0.507 e. The van der Waals surface area contributed by atoms with Crippen molar-refractivity contribution >= 4 is 23.5 Å². The highest BCUT2D eigenvalue weighted by atomic mass is 35.5. The Bertz CT molecular complexity index is 897. The van der Waals surface area contributed by atoms with Gasteiger partial charge in [0.15, 0.2) is 5.78 Å². The van der Waals surface area contributed by atoms with E-state index in [0.29, 0.717) is 0 Å². The van der Waals surface area contributed by atoms with Crippen LogP contribution in [0.15, 0.2) is 21.4 Å². The van der Waals surface area contributed by atoms with Crippen LogP contribution in [0.3, 0.4) is 0 Å². The van der Waals surface area contributed by atoms with Crippen LogP contribution in [0.1, 0.15) is 27.4 Å². The van der Waals surface area contributed by atoms with E-state index in [1.165, 1.54) is 13.8 Å². The van der Waals surface area contributed by atoms with E-state index in [1.807, 2.05) is 0 Å². The van der Waals surface area contributed by atoms with Crippen LogP contribution in [-0.4, -0.2) is 20.7 Å². The van der Waals surface area contributed by atoms with Crippen molar-refractivity contribution in [2.24, 2.45) is 0 Å². The third-order valence-electron chi connectivity index (χ3n) is 2.99. The van der Waals surface area contributed by atoms with Gasteiger partial charge in [0.1, 0.15) is 22.2 Å². The van der Waals surface area contributed by atoms with Gasteiger partial charge in [-0.1, -0.05) is 11.6 Å². The maximum Gasteiger partial charge on any atom is 0.505 e. The van der Waals surface area contributed by atoms with E-state index in [1.54, 1.807) is 0 Å². The highest BCUT2D eigenvalue weighted by molar-refractivity contribution is 6.31. The van der Waals surface area contributed by atoms with E-state index in [-0.39, 0.29) is 21.7 Å². The Morgan fingerprint density at radius 2 is 2.04 bits per heavy atom. The molecule has 128 valence electrons. The Balaban J connectivity index is 2.41. The molecular formula is C14H10ClF3N2O4. The second kappa shape index (κ2) is 6.16. The van der Waals surface area contributed by atoms with Crippen LogP contribution in [-0.2, 0) is 6.30 Å². The SMILES string of the molecule is Cc1cc(O)c(C(=O)C=Cc2c(C)nn(C(F)(F)F)c2Cl)c(=O)o1. The van der Waals surface area contributed by atoms with Gasteiger partial charge in [-0.2, -0.15) is 9.78 Å². The van der Waals surface area contributed by atoms with Gasteiger partial charge in [-0.15, -0.1) is 13.2 Å². The van der Waals surface area contributed by atoms with Gasteiger partial charge in [-0.05, 0) is 26.0 Å². The monoisotopic (exact) mass is 362 g/mol. The maximum atomic E-state index is 12.7. The highest BCUT2D eigenvalue weighted by Gasteiger charge is 2.35. The molecule has 2 heterocycles. The molecule has 1 N–H and O–H groups in total. The molecule has 0 aliphatic rings. The predicted octanol–water partition coefficient (Wildman–Crippen LogP) is 3.18. The number of allylic oxidation sites excluding steroid dienone is 1. The molecule has 2 aromatic heterocycles. The van der Waals surface area contributed by atoms with Gasteiger partial charge in [0.05, 0.1) is 5.69 Å². The molecule has 6 nitrogen and oxygen atoms in total. The summed E-state index contributed by atoms with van der Waals surface area (Å²) in [6.45, 7) is 2.68. The molecular weight excluding hydrogens is 353 g/mol. The summed E-state index contributed by atoms with van der Waals surface area (Å²) in [7, 11) is 0. The Morgan fingerprint density at radius 3 is 2.54 bits per heavy atom. The van der Waals surface area contributed by atoms with Crippen LogP contribution in [0.5, 0.6) is 5.75 Å². The maximum absolute atomic E-state index is 12.7. The fraction of sp³-hybridized carbons (Fsp3) is 0.214. The van der Waals surface area contributed by atoms with Gasteiger partial charge in [-0.25, -0.2) is 4.79 Å². The zero-order chi connectivity index (χ0) is 18.2. The lowest BCUT2D eigenvalue weighted by molar-refractivity contribution is -0.212. The van der Waals surface area contributed by atoms with Crippen molar-refractivity contribution in [3.8, 4) is 5.75 Å². The molecule has 0 aromatic carbocycles. The van der Waals surface area contributed by atoms with Gasteiger partial charge in [0.2, 0.25) is 0 Å². The van der Waals surface area contributed by atoms with Gasteiger partial charge < -0.3 is 9.52 Å². The standard InChI is InChI=1S/C14H10ClF3N2O4/c1-6-5-10(22)11(13(23)24-6)9(21)4-3-8-7(2)19-20(12(8)15)14(16,17)18/h3-5,22H,1-2H3. The lowest BCUT2D eigenvalue weighted by Gasteiger charge is -2.06. The number of nitrogens with zero attached hydrogens (tertiary/aromatic N) is 2. The van der Waals surface area contributed by atoms with Crippen molar-refractivity contribution in [1.82, 2.24) is 9.78 Å². The summed E-state index contributed by atoms with van der Waals surface area (Å²) in [6, 6.07) is 1.07. The normalized spacial score (nSPS) is 12.1. The van der Waals surface area contributed by atoms with Crippen molar-refractivity contribution in [2.45, 2.75) is 20.1 Å². The molecule has 0 radical (unpaired) electrons. The molecule has 0 atom stereocenters. The second-order valence-electron chi connectivity index (χ2n) is 4.77. The number of hydrogen-bond acceptors (Lipinski definition) is 5. The minimum absolute atomic E-state index is 0.0680. The van der Waals surface area contributed by atoms with Crippen LogP contribution in [0.25, 0.3) is 6.08 Å². The first-order valence-corrected chi connectivity index (χ1v) is 6.78. The van der Waals surface area contributed by atoms with Crippen molar-refractivity contribution in [3.63, 3.8) is 0 Å². The summed E-state index contributed by atoms with van der Waals surface area (Å²) in [5.74, 6) is -1.44. The molecule has 0 fully saturated rings. The minimum atomic E-state index is -4.81. The van der Waals surface area contributed by atoms with Crippen LogP contribution < -0.4 is 5.63 Å². The summed E-state index contributed by atoms with van der Waals surface area (Å²) >= 11 is 5.62. The molecule has 0 amide bonds. The fourth-order valence-electron chi connectivity index (χ4n) is 1.93. The Morgan fingerprint density at radius 1 is 1.42 bits per heavy atom. The van der Waals surface area contributed by atoms with E-state index < -0.39 is 34.2 Å². The average molecular weight is 363 g/mol. The zero-order valence-electron chi connectivity index (χ0n) is 12.3. The number of carbonyl (C=O) groups excluding carboxylic acids is 1. The number of alkyl halides is 3. The molecule has 0 saturated carbocycles. The van der Waals surface area contributed by atoms with E-state index in [4.69, 9.17) is 16.0 Å². The molecule has 2 aromatic rings. The van der Waals surface area contributed by atoms with Crippen LogP contribution in [0, 0.1) is 13.8 Å². The van der Waals surface area contributed by atoms with Crippen LogP contribution in [0.2, 0.25) is 5.15 Å². The zero-order valence-corrected chi connectivity index (χ0v) is 13.1. The van der Waals surface area contributed by atoms with Gasteiger partial charge >= 0.3 is 11.9 Å². The quantitative estimate of drug-likeness (QED) is 0.669. The van der Waals surface area contributed by atoms with Gasteiger partial charge in [-0.3, -0.25) is 4.79 Å². The topological polar surface area (TPSA) is 85.3 Å². The molecule has 0 spiro atoms. The predicted molar refractivity (Wildman–Crippen MR) is 78.0 cm³/mol. The Kier molecular flexibility index (Phi) is 4.57. The average Bonchev–Trinajstić information content (AvgIpc) is 2.70. The first-order chi connectivity index (χ1) is 11.0. The Labute approximate surface area is 137 Å². The number of aromatic hydroxyl groups is 1. The molecule has 10 heteroatoms. The number of aromatic nitrogens is 2. The van der Waals surface area contributed by atoms with E-state index >= 15 is 0 Å². The smallest absolute Gasteiger partial charge is 0.505 e. The van der Waals surface area contributed by atoms with Crippen LogP contribution in [0.4, 0.5) is 13.2 Å². The minimum Gasteiger partial charge on any atom is -0.507 e. The summed E-state index contributed by atoms with van der Waals surface area (Å²) in [5.41, 5.74) is -1.90. The van der Waals surface area contributed by atoms with Crippen molar-refractivity contribution in [3.05, 3.63) is 50.3 Å². The second-order valence-corrected chi connectivity index (χ2v) is 5.13. The van der Waals surface area contributed by atoms with Gasteiger partial charge in [0.25, 0.3) is 0 Å². The van der Waals surface area contributed by atoms with E-state index in [0.717, 1.165) is 18.2 Å².